The maximum Gasteiger partial charge on any atom is 0.128 e. The Morgan fingerprint density at radius 2 is 2.05 bits per heavy atom. The van der Waals surface area contributed by atoms with E-state index in [2.05, 4.69) is 27.7 Å². The van der Waals surface area contributed by atoms with Gasteiger partial charge in [-0.25, -0.2) is 4.39 Å². The van der Waals surface area contributed by atoms with Crippen LogP contribution in [0.5, 0.6) is 0 Å². The highest BCUT2D eigenvalue weighted by Crippen LogP contribution is 2.58. The smallest absolute Gasteiger partial charge is 0.128 e. The van der Waals surface area contributed by atoms with E-state index in [9.17, 15) is 4.39 Å². The molecule has 0 radical (unpaired) electrons. The molecule has 1 aromatic carbocycles. The second-order valence-corrected chi connectivity index (χ2v) is 7.22. The van der Waals surface area contributed by atoms with Crippen LogP contribution in [0.15, 0.2) is 24.3 Å². The predicted molar refractivity (Wildman–Crippen MR) is 80.4 cm³/mol. The number of ether oxygens (including phenoxy) is 2. The highest BCUT2D eigenvalue weighted by molar-refractivity contribution is 5.17. The van der Waals surface area contributed by atoms with Gasteiger partial charge in [0.2, 0.25) is 0 Å². The van der Waals surface area contributed by atoms with Gasteiger partial charge in [0.25, 0.3) is 0 Å². The number of fused-ring (bicyclic) bond motifs is 2. The zero-order valence-corrected chi connectivity index (χ0v) is 13.4. The topological polar surface area (TPSA) is 18.5 Å². The van der Waals surface area contributed by atoms with E-state index in [1.54, 1.807) is 12.1 Å². The monoisotopic (exact) mass is 292 g/mol. The van der Waals surface area contributed by atoms with E-state index in [1.165, 1.54) is 6.07 Å². The summed E-state index contributed by atoms with van der Waals surface area (Å²) in [6.45, 7) is 9.19. The van der Waals surface area contributed by atoms with Gasteiger partial charge in [0.15, 0.2) is 0 Å². The molecule has 0 N–H and O–H groups in total. The Morgan fingerprint density at radius 1 is 1.33 bits per heavy atom. The summed E-state index contributed by atoms with van der Waals surface area (Å²) in [4.78, 5) is 0. The lowest BCUT2D eigenvalue weighted by Gasteiger charge is -2.36. The van der Waals surface area contributed by atoms with Gasteiger partial charge in [0.05, 0.1) is 23.9 Å². The molecule has 0 amide bonds. The minimum absolute atomic E-state index is 0.0516. The van der Waals surface area contributed by atoms with Crippen LogP contribution in [0.2, 0.25) is 0 Å². The van der Waals surface area contributed by atoms with Gasteiger partial charge in [0.1, 0.15) is 5.82 Å². The second-order valence-electron chi connectivity index (χ2n) is 7.22. The van der Waals surface area contributed by atoms with Gasteiger partial charge in [-0.15, -0.1) is 0 Å². The molecule has 3 rings (SSSR count). The first-order chi connectivity index (χ1) is 9.87. The van der Waals surface area contributed by atoms with Crippen LogP contribution in [0.25, 0.3) is 0 Å². The molecule has 1 aromatic rings. The lowest BCUT2D eigenvalue weighted by molar-refractivity contribution is -0.0992. The fourth-order valence-electron chi connectivity index (χ4n) is 4.27. The summed E-state index contributed by atoms with van der Waals surface area (Å²) < 4.78 is 26.2. The van der Waals surface area contributed by atoms with Crippen LogP contribution in [-0.4, -0.2) is 17.3 Å². The zero-order chi connectivity index (χ0) is 15.3. The fraction of sp³-hybridized carbons (Fsp3) is 0.667. The summed E-state index contributed by atoms with van der Waals surface area (Å²) in [7, 11) is 0. The highest BCUT2D eigenvalue weighted by Gasteiger charge is 2.64. The van der Waals surface area contributed by atoms with E-state index < -0.39 is 0 Å². The molecule has 2 aliphatic rings. The zero-order valence-electron chi connectivity index (χ0n) is 13.4. The summed E-state index contributed by atoms with van der Waals surface area (Å²) in [5, 5.41) is 0. The van der Waals surface area contributed by atoms with Crippen molar-refractivity contribution < 1.29 is 13.9 Å². The van der Waals surface area contributed by atoms with E-state index in [-0.39, 0.29) is 23.1 Å². The van der Waals surface area contributed by atoms with Gasteiger partial charge < -0.3 is 9.47 Å². The summed E-state index contributed by atoms with van der Waals surface area (Å²) in [6, 6.07) is 6.82. The predicted octanol–water partition coefficient (Wildman–Crippen LogP) is 4.32. The van der Waals surface area contributed by atoms with Gasteiger partial charge in [-0.1, -0.05) is 39.0 Å². The molecule has 2 heterocycles. The van der Waals surface area contributed by atoms with Crippen LogP contribution in [0.1, 0.15) is 46.1 Å². The molecule has 0 spiro atoms. The van der Waals surface area contributed by atoms with Crippen molar-refractivity contribution in [2.45, 2.75) is 64.4 Å². The molecule has 2 bridgehead atoms. The highest BCUT2D eigenvalue weighted by atomic mass is 19.1. The van der Waals surface area contributed by atoms with Crippen molar-refractivity contribution in [3.63, 3.8) is 0 Å². The lowest BCUT2D eigenvalue weighted by atomic mass is 9.69. The lowest BCUT2D eigenvalue weighted by Crippen LogP contribution is -2.43. The molecule has 3 heteroatoms. The number of hydrogen-bond donors (Lipinski definition) is 0. The molecule has 21 heavy (non-hydrogen) atoms. The molecule has 0 saturated carbocycles. The SMILES string of the molecule is CC(C)[C@]12C[C@@H](OCc3ccccc3F)[C@](C)(C[C@@H]1C)O2. The number of benzene rings is 1. The first kappa shape index (κ1) is 15.0. The molecular weight excluding hydrogens is 267 g/mol. The average molecular weight is 292 g/mol. The maximum atomic E-state index is 13.7. The second kappa shape index (κ2) is 5.06. The van der Waals surface area contributed by atoms with Crippen molar-refractivity contribution in [3.8, 4) is 0 Å². The van der Waals surface area contributed by atoms with Crippen molar-refractivity contribution in [1.82, 2.24) is 0 Å². The van der Waals surface area contributed by atoms with Crippen molar-refractivity contribution >= 4 is 0 Å². The van der Waals surface area contributed by atoms with Crippen LogP contribution in [0.4, 0.5) is 4.39 Å². The quantitative estimate of drug-likeness (QED) is 0.822. The molecular formula is C18H25FO2. The molecule has 0 aromatic heterocycles. The molecule has 0 unspecified atom stereocenters. The normalized spacial score (nSPS) is 38.4. The minimum Gasteiger partial charge on any atom is -0.370 e. The first-order valence-electron chi connectivity index (χ1n) is 7.92. The minimum atomic E-state index is -0.227. The molecule has 2 saturated heterocycles. The van der Waals surface area contributed by atoms with E-state index in [0.29, 0.717) is 24.0 Å². The van der Waals surface area contributed by atoms with Crippen molar-refractivity contribution in [2.24, 2.45) is 11.8 Å². The Bertz CT molecular complexity index is 530. The Balaban J connectivity index is 1.73. The molecule has 116 valence electrons. The van der Waals surface area contributed by atoms with Gasteiger partial charge in [-0.2, -0.15) is 0 Å². The van der Waals surface area contributed by atoms with Crippen LogP contribution in [0, 0.1) is 17.7 Å². The molecule has 2 nitrogen and oxygen atoms in total. The van der Waals surface area contributed by atoms with Crippen LogP contribution in [-0.2, 0) is 16.1 Å². The third-order valence-electron chi connectivity index (χ3n) is 5.53. The van der Waals surface area contributed by atoms with Gasteiger partial charge in [-0.05, 0) is 31.2 Å². The van der Waals surface area contributed by atoms with Crippen molar-refractivity contribution in [2.75, 3.05) is 0 Å². The Hall–Kier alpha value is -0.930. The van der Waals surface area contributed by atoms with Crippen LogP contribution in [0.3, 0.4) is 0 Å². The Morgan fingerprint density at radius 3 is 2.67 bits per heavy atom. The standard InChI is InChI=1S/C18H25FO2/c1-12(2)18-10-16(17(4,21-18)9-13(18)3)20-11-14-7-5-6-8-15(14)19/h5-8,12-13,16H,9-11H2,1-4H3/t13-,16+,17-,18+/m0/s1. The third kappa shape index (κ3) is 2.31. The molecule has 2 fully saturated rings. The van der Waals surface area contributed by atoms with Gasteiger partial charge in [-0.3, -0.25) is 0 Å². The summed E-state index contributed by atoms with van der Waals surface area (Å²) in [6.07, 6.45) is 1.99. The van der Waals surface area contributed by atoms with Crippen molar-refractivity contribution in [3.05, 3.63) is 35.6 Å². The summed E-state index contributed by atoms with van der Waals surface area (Å²) >= 11 is 0. The van der Waals surface area contributed by atoms with Crippen LogP contribution >= 0.6 is 0 Å². The fourth-order valence-corrected chi connectivity index (χ4v) is 4.27. The number of halogens is 1. The number of rotatable bonds is 4. The van der Waals surface area contributed by atoms with Crippen molar-refractivity contribution in [1.29, 1.82) is 0 Å². The van der Waals surface area contributed by atoms with E-state index in [0.717, 1.165) is 12.8 Å². The van der Waals surface area contributed by atoms with E-state index in [4.69, 9.17) is 9.47 Å². The maximum absolute atomic E-state index is 13.7. The average Bonchev–Trinajstić information content (AvgIpc) is 2.86. The third-order valence-corrected chi connectivity index (χ3v) is 5.53. The summed E-state index contributed by atoms with van der Waals surface area (Å²) in [5.74, 6) is 0.825. The largest absolute Gasteiger partial charge is 0.370 e. The Labute approximate surface area is 126 Å². The van der Waals surface area contributed by atoms with Gasteiger partial charge >= 0.3 is 0 Å². The van der Waals surface area contributed by atoms with Crippen LogP contribution < -0.4 is 0 Å². The Kier molecular flexibility index (Phi) is 3.61. The first-order valence-corrected chi connectivity index (χ1v) is 7.92. The van der Waals surface area contributed by atoms with E-state index in [1.807, 2.05) is 6.07 Å². The molecule has 4 atom stereocenters. The molecule has 2 aliphatic heterocycles. The summed E-state index contributed by atoms with van der Waals surface area (Å²) in [5.41, 5.74) is 0.319. The van der Waals surface area contributed by atoms with E-state index >= 15 is 0 Å². The number of hydrogen-bond acceptors (Lipinski definition) is 2. The molecule has 0 aliphatic carbocycles. The van der Waals surface area contributed by atoms with Gasteiger partial charge in [0, 0.05) is 12.0 Å².